The summed E-state index contributed by atoms with van der Waals surface area (Å²) in [7, 11) is 0. The van der Waals surface area contributed by atoms with E-state index < -0.39 is 11.9 Å². The maximum Gasteiger partial charge on any atom is 0.352 e. The highest BCUT2D eigenvalue weighted by Gasteiger charge is 2.17. The summed E-state index contributed by atoms with van der Waals surface area (Å²) >= 11 is 0. The fourth-order valence-electron chi connectivity index (χ4n) is 3.03. The molecular weight excluding hydrogens is 398 g/mol. The molecule has 0 aromatic heterocycles. The lowest BCUT2D eigenvalue weighted by atomic mass is 10.1. The number of amides is 1. The highest BCUT2D eigenvalue weighted by Crippen LogP contribution is 2.35. The quantitative estimate of drug-likeness (QED) is 0.567. The summed E-state index contributed by atoms with van der Waals surface area (Å²) in [4.78, 5) is 23.8. The van der Waals surface area contributed by atoms with Crippen LogP contribution in [0.1, 0.15) is 21.5 Å². The molecule has 2 N–H and O–H groups in total. The number of fused-ring (bicyclic) bond motifs is 1. The van der Waals surface area contributed by atoms with Gasteiger partial charge in [-0.2, -0.15) is 0 Å². The SMILES string of the molecule is O=C(O)C(=Cc1ccc(OCc2cccc3c2OCO3)cc1)NC(=O)c1ccccc1. The topological polar surface area (TPSA) is 94.1 Å². The van der Waals surface area contributed by atoms with Crippen molar-refractivity contribution in [2.24, 2.45) is 0 Å². The summed E-state index contributed by atoms with van der Waals surface area (Å²) in [6.07, 6.45) is 1.39. The number of carboxylic acids is 1. The summed E-state index contributed by atoms with van der Waals surface area (Å²) in [6.45, 7) is 0.495. The first-order chi connectivity index (χ1) is 15.1. The Labute approximate surface area is 178 Å². The Morgan fingerprint density at radius 3 is 2.48 bits per heavy atom. The molecule has 0 fully saturated rings. The maximum absolute atomic E-state index is 12.3. The Kier molecular flexibility index (Phi) is 5.84. The molecule has 31 heavy (non-hydrogen) atoms. The minimum absolute atomic E-state index is 0.195. The van der Waals surface area contributed by atoms with E-state index in [0.717, 1.165) is 5.56 Å². The summed E-state index contributed by atoms with van der Waals surface area (Å²) in [5.41, 5.74) is 1.63. The van der Waals surface area contributed by atoms with Gasteiger partial charge in [0.1, 0.15) is 18.1 Å². The van der Waals surface area contributed by atoms with Crippen molar-refractivity contribution in [3.8, 4) is 17.2 Å². The largest absolute Gasteiger partial charge is 0.489 e. The van der Waals surface area contributed by atoms with Gasteiger partial charge in [0.15, 0.2) is 11.5 Å². The van der Waals surface area contributed by atoms with Crippen molar-refractivity contribution in [1.82, 2.24) is 5.32 Å². The van der Waals surface area contributed by atoms with Gasteiger partial charge in [0.05, 0.1) is 0 Å². The number of carboxylic acid groups (broad SMARTS) is 1. The van der Waals surface area contributed by atoms with Gasteiger partial charge in [-0.3, -0.25) is 4.79 Å². The third kappa shape index (κ3) is 4.84. The molecule has 0 saturated heterocycles. The second-order valence-electron chi connectivity index (χ2n) is 6.69. The van der Waals surface area contributed by atoms with Crippen molar-refractivity contribution in [2.45, 2.75) is 6.61 Å². The van der Waals surface area contributed by atoms with Crippen LogP contribution in [0.25, 0.3) is 6.08 Å². The number of para-hydroxylation sites is 1. The number of carbonyl (C=O) groups is 2. The molecule has 1 heterocycles. The smallest absolute Gasteiger partial charge is 0.352 e. The van der Waals surface area contributed by atoms with Crippen molar-refractivity contribution in [2.75, 3.05) is 6.79 Å². The van der Waals surface area contributed by atoms with E-state index in [2.05, 4.69) is 5.32 Å². The predicted molar refractivity (Wildman–Crippen MR) is 113 cm³/mol. The standard InChI is InChI=1S/C24H19NO6/c26-23(17-5-2-1-3-6-17)25-20(24(27)28)13-16-9-11-19(12-10-16)29-14-18-7-4-8-21-22(18)31-15-30-21/h1-13H,14-15H2,(H,25,26)(H,27,28). The van der Waals surface area contributed by atoms with Crippen molar-refractivity contribution >= 4 is 18.0 Å². The van der Waals surface area contributed by atoms with E-state index >= 15 is 0 Å². The van der Waals surface area contributed by atoms with Crippen LogP contribution in [0.2, 0.25) is 0 Å². The van der Waals surface area contributed by atoms with Gasteiger partial charge in [0, 0.05) is 11.1 Å². The van der Waals surface area contributed by atoms with E-state index in [1.165, 1.54) is 6.08 Å². The normalized spacial score (nSPS) is 12.3. The van der Waals surface area contributed by atoms with Crippen molar-refractivity contribution < 1.29 is 28.9 Å². The van der Waals surface area contributed by atoms with Crippen LogP contribution in [-0.2, 0) is 11.4 Å². The molecule has 1 aliphatic rings. The van der Waals surface area contributed by atoms with Gasteiger partial charge in [0.2, 0.25) is 6.79 Å². The lowest BCUT2D eigenvalue weighted by molar-refractivity contribution is -0.132. The van der Waals surface area contributed by atoms with E-state index in [0.29, 0.717) is 35.0 Å². The average Bonchev–Trinajstić information content (AvgIpc) is 3.28. The van der Waals surface area contributed by atoms with Crippen LogP contribution < -0.4 is 19.5 Å². The Balaban J connectivity index is 1.42. The van der Waals surface area contributed by atoms with Crippen molar-refractivity contribution in [1.29, 1.82) is 0 Å². The minimum atomic E-state index is -1.23. The van der Waals surface area contributed by atoms with E-state index in [1.807, 2.05) is 18.2 Å². The van der Waals surface area contributed by atoms with E-state index in [-0.39, 0.29) is 12.5 Å². The zero-order chi connectivity index (χ0) is 21.6. The zero-order valence-corrected chi connectivity index (χ0v) is 16.4. The van der Waals surface area contributed by atoms with Crippen LogP contribution in [0.15, 0.2) is 78.5 Å². The third-order valence-electron chi connectivity index (χ3n) is 4.58. The van der Waals surface area contributed by atoms with Gasteiger partial charge in [-0.25, -0.2) is 4.79 Å². The minimum Gasteiger partial charge on any atom is -0.489 e. The third-order valence-corrected chi connectivity index (χ3v) is 4.58. The van der Waals surface area contributed by atoms with Crippen molar-refractivity contribution in [3.63, 3.8) is 0 Å². The Hall–Kier alpha value is -4.26. The lowest BCUT2D eigenvalue weighted by Gasteiger charge is -2.09. The summed E-state index contributed by atoms with van der Waals surface area (Å²) < 4.78 is 16.6. The van der Waals surface area contributed by atoms with Crippen LogP contribution in [0.3, 0.4) is 0 Å². The molecule has 0 radical (unpaired) electrons. The zero-order valence-electron chi connectivity index (χ0n) is 16.4. The lowest BCUT2D eigenvalue weighted by Crippen LogP contribution is -2.27. The van der Waals surface area contributed by atoms with Crippen LogP contribution in [0.4, 0.5) is 0 Å². The van der Waals surface area contributed by atoms with Gasteiger partial charge in [0.25, 0.3) is 5.91 Å². The second kappa shape index (κ2) is 9.04. The van der Waals surface area contributed by atoms with Crippen LogP contribution >= 0.6 is 0 Å². The number of nitrogens with one attached hydrogen (secondary N) is 1. The Morgan fingerprint density at radius 1 is 0.968 bits per heavy atom. The molecule has 0 unspecified atom stereocenters. The van der Waals surface area contributed by atoms with Gasteiger partial charge >= 0.3 is 5.97 Å². The van der Waals surface area contributed by atoms with Gasteiger partial charge in [-0.15, -0.1) is 0 Å². The fourth-order valence-corrected chi connectivity index (χ4v) is 3.03. The number of ether oxygens (including phenoxy) is 3. The van der Waals surface area contributed by atoms with Gasteiger partial charge in [-0.1, -0.05) is 42.5 Å². The fraction of sp³-hybridized carbons (Fsp3) is 0.0833. The molecule has 7 heteroatoms. The Bertz CT molecular complexity index is 1120. The summed E-state index contributed by atoms with van der Waals surface area (Å²) in [5, 5.41) is 11.9. The molecule has 3 aromatic carbocycles. The van der Waals surface area contributed by atoms with Crippen LogP contribution in [-0.4, -0.2) is 23.8 Å². The predicted octanol–water partition coefficient (Wildman–Crippen LogP) is 3.85. The number of carbonyl (C=O) groups excluding carboxylic acids is 1. The molecule has 0 spiro atoms. The summed E-state index contributed by atoms with van der Waals surface area (Å²) in [6, 6.07) is 20.9. The van der Waals surface area contributed by atoms with E-state index in [4.69, 9.17) is 14.2 Å². The van der Waals surface area contributed by atoms with Crippen LogP contribution in [0, 0.1) is 0 Å². The molecule has 0 saturated carbocycles. The van der Waals surface area contributed by atoms with Crippen molar-refractivity contribution in [3.05, 3.63) is 95.2 Å². The first-order valence-corrected chi connectivity index (χ1v) is 9.52. The highest BCUT2D eigenvalue weighted by molar-refractivity contribution is 6.02. The molecule has 4 rings (SSSR count). The molecule has 156 valence electrons. The number of benzene rings is 3. The molecular formula is C24H19NO6. The van der Waals surface area contributed by atoms with Gasteiger partial charge < -0.3 is 24.6 Å². The molecule has 0 aliphatic carbocycles. The molecule has 0 bridgehead atoms. The maximum atomic E-state index is 12.3. The van der Waals surface area contributed by atoms with Gasteiger partial charge in [-0.05, 0) is 42.0 Å². The molecule has 0 atom stereocenters. The first-order valence-electron chi connectivity index (χ1n) is 9.52. The highest BCUT2D eigenvalue weighted by atomic mass is 16.7. The Morgan fingerprint density at radius 2 is 1.74 bits per heavy atom. The van der Waals surface area contributed by atoms with Crippen LogP contribution in [0.5, 0.6) is 17.2 Å². The molecule has 3 aromatic rings. The summed E-state index contributed by atoms with van der Waals surface area (Å²) in [5.74, 6) is 0.266. The average molecular weight is 417 g/mol. The molecule has 1 amide bonds. The van der Waals surface area contributed by atoms with E-state index in [1.54, 1.807) is 54.6 Å². The second-order valence-corrected chi connectivity index (χ2v) is 6.69. The molecule has 1 aliphatic heterocycles. The van der Waals surface area contributed by atoms with E-state index in [9.17, 15) is 14.7 Å². The number of hydrogen-bond donors (Lipinski definition) is 2. The number of aliphatic carboxylic acids is 1. The monoisotopic (exact) mass is 417 g/mol. The number of rotatable bonds is 7. The first kappa shape index (κ1) is 20.0. The molecule has 7 nitrogen and oxygen atoms in total. The number of hydrogen-bond acceptors (Lipinski definition) is 5.